The number of ether oxygens (including phenoxy) is 2. The molecule has 0 unspecified atom stereocenters. The van der Waals surface area contributed by atoms with Gasteiger partial charge in [-0.05, 0) is 24.3 Å². The van der Waals surface area contributed by atoms with Crippen LogP contribution in [0.3, 0.4) is 0 Å². The van der Waals surface area contributed by atoms with Gasteiger partial charge >= 0.3 is 0 Å². The minimum atomic E-state index is -3.78. The molecule has 0 radical (unpaired) electrons. The van der Waals surface area contributed by atoms with E-state index in [0.29, 0.717) is 35.8 Å². The molecule has 0 saturated carbocycles. The van der Waals surface area contributed by atoms with Crippen molar-refractivity contribution in [1.82, 2.24) is 0 Å². The molecule has 7 heteroatoms. The molecule has 0 aromatic heterocycles. The van der Waals surface area contributed by atoms with E-state index in [4.69, 9.17) is 9.47 Å². The Labute approximate surface area is 164 Å². The first-order chi connectivity index (χ1) is 13.5. The van der Waals surface area contributed by atoms with Gasteiger partial charge in [-0.2, -0.15) is 0 Å². The first kappa shape index (κ1) is 18.4. The lowest BCUT2D eigenvalue weighted by Crippen LogP contribution is -2.14. The predicted molar refractivity (Wildman–Crippen MR) is 111 cm³/mol. The van der Waals surface area contributed by atoms with Gasteiger partial charge in [0.2, 0.25) is 0 Å². The van der Waals surface area contributed by atoms with Crippen molar-refractivity contribution >= 4 is 32.2 Å². The van der Waals surface area contributed by atoms with E-state index in [1.807, 2.05) is 43.3 Å². The number of sulfonamides is 1. The van der Waals surface area contributed by atoms with Gasteiger partial charge in [-0.3, -0.25) is 4.72 Å². The van der Waals surface area contributed by atoms with Crippen LogP contribution in [0.4, 0.5) is 11.4 Å². The molecule has 0 atom stereocenters. The second kappa shape index (κ2) is 7.24. The summed E-state index contributed by atoms with van der Waals surface area (Å²) in [5.41, 5.74) is 1.40. The molecule has 3 aromatic carbocycles. The number of rotatable bonds is 4. The van der Waals surface area contributed by atoms with Gasteiger partial charge in [-0.15, -0.1) is 0 Å². The zero-order valence-electron chi connectivity index (χ0n) is 15.8. The van der Waals surface area contributed by atoms with Crippen LogP contribution in [0.2, 0.25) is 0 Å². The number of hydrogen-bond donors (Lipinski definition) is 1. The maximum atomic E-state index is 13.1. The van der Waals surface area contributed by atoms with Gasteiger partial charge in [-0.1, -0.05) is 24.3 Å². The number of hydrogen-bond acceptors (Lipinski definition) is 5. The van der Waals surface area contributed by atoms with E-state index in [1.165, 1.54) is 0 Å². The van der Waals surface area contributed by atoms with Crippen molar-refractivity contribution < 1.29 is 17.9 Å². The average molecular weight is 398 g/mol. The van der Waals surface area contributed by atoms with Gasteiger partial charge < -0.3 is 14.4 Å². The lowest BCUT2D eigenvalue weighted by Gasteiger charge is -2.17. The summed E-state index contributed by atoms with van der Waals surface area (Å²) in [6.07, 6.45) is 0.792. The van der Waals surface area contributed by atoms with Gasteiger partial charge in [0.1, 0.15) is 0 Å². The van der Waals surface area contributed by atoms with Crippen LogP contribution in [0.1, 0.15) is 6.42 Å². The van der Waals surface area contributed by atoms with Crippen molar-refractivity contribution in [1.29, 1.82) is 0 Å². The Morgan fingerprint density at radius 1 is 0.893 bits per heavy atom. The lowest BCUT2D eigenvalue weighted by atomic mass is 10.1. The molecule has 1 N–H and O–H groups in total. The molecule has 6 nitrogen and oxygen atoms in total. The van der Waals surface area contributed by atoms with Crippen LogP contribution in [0, 0.1) is 0 Å². The highest BCUT2D eigenvalue weighted by molar-refractivity contribution is 7.93. The highest BCUT2D eigenvalue weighted by Gasteiger charge is 2.20. The summed E-state index contributed by atoms with van der Waals surface area (Å²) in [5, 5.41) is 1.56. The van der Waals surface area contributed by atoms with Crippen molar-refractivity contribution in [3.05, 3.63) is 54.6 Å². The summed E-state index contributed by atoms with van der Waals surface area (Å²) in [6.45, 7) is 1.13. The summed E-state index contributed by atoms with van der Waals surface area (Å²) in [5.74, 6) is 1.17. The number of benzene rings is 3. The Hall–Kier alpha value is -2.93. The molecule has 0 fully saturated rings. The zero-order valence-corrected chi connectivity index (χ0v) is 16.6. The summed E-state index contributed by atoms with van der Waals surface area (Å²) < 4.78 is 40.2. The lowest BCUT2D eigenvalue weighted by molar-refractivity contribution is 0.297. The third-order valence-corrected chi connectivity index (χ3v) is 6.07. The third-order valence-electron chi connectivity index (χ3n) is 4.63. The molecule has 146 valence electrons. The molecule has 0 amide bonds. The topological polar surface area (TPSA) is 67.9 Å². The fraction of sp³-hybridized carbons (Fsp3) is 0.238. The van der Waals surface area contributed by atoms with Crippen molar-refractivity contribution in [2.45, 2.75) is 11.3 Å². The van der Waals surface area contributed by atoms with Crippen molar-refractivity contribution in [2.24, 2.45) is 0 Å². The van der Waals surface area contributed by atoms with E-state index < -0.39 is 10.0 Å². The quantitative estimate of drug-likeness (QED) is 0.723. The normalized spacial score (nSPS) is 13.8. The van der Waals surface area contributed by atoms with Gasteiger partial charge in [0.25, 0.3) is 10.0 Å². The molecule has 4 rings (SSSR count). The second-order valence-corrected chi connectivity index (χ2v) is 8.49. The molecule has 3 aromatic rings. The Balaban J connectivity index is 1.73. The predicted octanol–water partition coefficient (Wildman–Crippen LogP) is 3.87. The smallest absolute Gasteiger partial charge is 0.262 e. The molecule has 1 aliphatic rings. The highest BCUT2D eigenvalue weighted by Crippen LogP contribution is 2.34. The number of nitrogens with zero attached hydrogens (tertiary/aromatic N) is 1. The highest BCUT2D eigenvalue weighted by atomic mass is 32.2. The van der Waals surface area contributed by atoms with Crippen molar-refractivity contribution in [2.75, 3.05) is 36.9 Å². The van der Waals surface area contributed by atoms with Crippen LogP contribution in [0.15, 0.2) is 59.5 Å². The molecule has 0 aliphatic carbocycles. The van der Waals surface area contributed by atoms with E-state index in [1.54, 1.807) is 30.3 Å². The Kier molecular flexibility index (Phi) is 4.77. The first-order valence-electron chi connectivity index (χ1n) is 9.07. The molecule has 0 saturated heterocycles. The Bertz CT molecular complexity index is 1130. The number of nitrogens with one attached hydrogen (secondary N) is 1. The first-order valence-corrected chi connectivity index (χ1v) is 10.6. The molecule has 0 bridgehead atoms. The Morgan fingerprint density at radius 3 is 2.39 bits per heavy atom. The average Bonchev–Trinajstić information content (AvgIpc) is 2.91. The van der Waals surface area contributed by atoms with Gasteiger partial charge in [0.15, 0.2) is 11.5 Å². The summed E-state index contributed by atoms with van der Waals surface area (Å²) >= 11 is 0. The standard InChI is InChI=1S/C21H22N2O4S/c1-23(2)18-8-3-7-17-16(18)6-4-9-21(17)28(24,25)22-15-10-11-19-20(14-15)27-13-5-12-26-19/h3-4,6-11,14,22H,5,12-13H2,1-2H3. The second-order valence-electron chi connectivity index (χ2n) is 6.84. The zero-order chi connectivity index (χ0) is 19.7. The molecule has 0 spiro atoms. The van der Waals surface area contributed by atoms with Crippen LogP contribution in [-0.2, 0) is 10.0 Å². The largest absolute Gasteiger partial charge is 0.490 e. The maximum absolute atomic E-state index is 13.1. The number of fused-ring (bicyclic) bond motifs is 2. The monoisotopic (exact) mass is 398 g/mol. The van der Waals surface area contributed by atoms with E-state index in [0.717, 1.165) is 17.5 Å². The maximum Gasteiger partial charge on any atom is 0.262 e. The SMILES string of the molecule is CN(C)c1cccc2c(S(=O)(=O)Nc3ccc4c(c3)OCCCO4)cccc12. The minimum absolute atomic E-state index is 0.237. The van der Waals surface area contributed by atoms with Crippen molar-refractivity contribution in [3.8, 4) is 11.5 Å². The molecule has 28 heavy (non-hydrogen) atoms. The Morgan fingerprint density at radius 2 is 1.61 bits per heavy atom. The van der Waals surface area contributed by atoms with E-state index in [2.05, 4.69) is 4.72 Å². The van der Waals surface area contributed by atoms with Crippen LogP contribution in [-0.4, -0.2) is 35.7 Å². The minimum Gasteiger partial charge on any atom is -0.490 e. The fourth-order valence-corrected chi connectivity index (χ4v) is 4.60. The number of anilines is 2. The van der Waals surface area contributed by atoms with Crippen LogP contribution >= 0.6 is 0 Å². The van der Waals surface area contributed by atoms with Gasteiger partial charge in [-0.25, -0.2) is 8.42 Å². The van der Waals surface area contributed by atoms with Crippen molar-refractivity contribution in [3.63, 3.8) is 0 Å². The van der Waals surface area contributed by atoms with E-state index in [9.17, 15) is 8.42 Å². The van der Waals surface area contributed by atoms with Gasteiger partial charge in [0, 0.05) is 43.0 Å². The molecule has 1 heterocycles. The fourth-order valence-electron chi connectivity index (χ4n) is 3.33. The summed E-state index contributed by atoms with van der Waals surface area (Å²) in [4.78, 5) is 2.21. The van der Waals surface area contributed by atoms with Crippen LogP contribution in [0.5, 0.6) is 11.5 Å². The van der Waals surface area contributed by atoms with E-state index in [-0.39, 0.29) is 4.90 Å². The third kappa shape index (κ3) is 3.45. The van der Waals surface area contributed by atoms with Gasteiger partial charge in [0.05, 0.1) is 23.8 Å². The molecular weight excluding hydrogens is 376 g/mol. The summed E-state index contributed by atoms with van der Waals surface area (Å²) in [7, 11) is 0.0900. The van der Waals surface area contributed by atoms with E-state index >= 15 is 0 Å². The summed E-state index contributed by atoms with van der Waals surface area (Å²) in [6, 6.07) is 16.0. The molecular formula is C21H22N2O4S. The molecule has 1 aliphatic heterocycles. The van der Waals surface area contributed by atoms with Crippen LogP contribution < -0.4 is 19.1 Å². The van der Waals surface area contributed by atoms with Crippen LogP contribution in [0.25, 0.3) is 10.8 Å².